The lowest BCUT2D eigenvalue weighted by molar-refractivity contribution is 0.0737. The molecule has 1 aromatic heterocycles. The zero-order valence-electron chi connectivity index (χ0n) is 16.0. The third-order valence-corrected chi connectivity index (χ3v) is 6.41. The lowest BCUT2D eigenvalue weighted by atomic mass is 9.62. The van der Waals surface area contributed by atoms with Gasteiger partial charge in [0.25, 0.3) is 0 Å². The van der Waals surface area contributed by atoms with Gasteiger partial charge in [0.15, 0.2) is 0 Å². The minimum atomic E-state index is -0.531. The van der Waals surface area contributed by atoms with Gasteiger partial charge in [0.1, 0.15) is 0 Å². The quantitative estimate of drug-likeness (QED) is 0.682. The summed E-state index contributed by atoms with van der Waals surface area (Å²) in [4.78, 5) is 14.0. The molecule has 0 bridgehead atoms. The molecule has 0 saturated carbocycles. The van der Waals surface area contributed by atoms with Crippen LogP contribution in [0.15, 0.2) is 41.1 Å². The number of aliphatic hydroxyl groups excluding tert-OH is 1. The largest absolute Gasteiger partial charge is 0.388 e. The highest BCUT2D eigenvalue weighted by atomic mass is 32.1. The van der Waals surface area contributed by atoms with Gasteiger partial charge in [-0.05, 0) is 79.5 Å². The van der Waals surface area contributed by atoms with Gasteiger partial charge in [-0.1, -0.05) is 12.1 Å². The van der Waals surface area contributed by atoms with E-state index in [0.29, 0.717) is 17.9 Å². The fraction of sp³-hybridized carbons (Fsp3) is 0.476. The van der Waals surface area contributed by atoms with Crippen molar-refractivity contribution in [3.63, 3.8) is 0 Å². The van der Waals surface area contributed by atoms with E-state index in [2.05, 4.69) is 30.4 Å². The van der Waals surface area contributed by atoms with E-state index >= 15 is 0 Å². The van der Waals surface area contributed by atoms with Crippen molar-refractivity contribution in [2.24, 2.45) is 11.7 Å². The monoisotopic (exact) mass is 387 g/mol. The minimum absolute atomic E-state index is 0.220. The van der Waals surface area contributed by atoms with Crippen molar-refractivity contribution in [3.05, 3.63) is 57.8 Å². The summed E-state index contributed by atoms with van der Waals surface area (Å²) in [6.45, 7) is 2.68. The molecule has 0 aliphatic carbocycles. The first-order valence-corrected chi connectivity index (χ1v) is 10.3. The van der Waals surface area contributed by atoms with E-state index in [1.165, 1.54) is 0 Å². The van der Waals surface area contributed by atoms with Crippen molar-refractivity contribution in [1.29, 1.82) is 0 Å². The Bertz CT molecular complexity index is 763. The molecule has 5 nitrogen and oxygen atoms in total. The van der Waals surface area contributed by atoms with E-state index in [-0.39, 0.29) is 5.41 Å². The van der Waals surface area contributed by atoms with Crippen LogP contribution in [0.25, 0.3) is 0 Å². The van der Waals surface area contributed by atoms with Gasteiger partial charge in [-0.3, -0.25) is 4.79 Å². The Morgan fingerprint density at radius 2 is 2.26 bits per heavy atom. The maximum atomic E-state index is 11.8. The summed E-state index contributed by atoms with van der Waals surface area (Å²) in [5.41, 5.74) is 7.91. The van der Waals surface area contributed by atoms with Crippen LogP contribution in [-0.2, 0) is 5.41 Å². The van der Waals surface area contributed by atoms with Crippen LogP contribution >= 0.6 is 11.3 Å². The maximum absolute atomic E-state index is 11.8. The highest BCUT2D eigenvalue weighted by molar-refractivity contribution is 7.07. The van der Waals surface area contributed by atoms with Gasteiger partial charge in [-0.2, -0.15) is 11.3 Å². The summed E-state index contributed by atoms with van der Waals surface area (Å²) in [5, 5.41) is 18.5. The van der Waals surface area contributed by atoms with E-state index in [9.17, 15) is 9.90 Å². The number of amides is 1. The molecule has 1 amide bonds. The molecule has 27 heavy (non-hydrogen) atoms. The van der Waals surface area contributed by atoms with Crippen LogP contribution in [0, 0.1) is 5.92 Å². The Balaban J connectivity index is 2.04. The van der Waals surface area contributed by atoms with Crippen molar-refractivity contribution in [2.75, 3.05) is 33.7 Å². The number of hydrogen-bond acceptors (Lipinski definition) is 5. The summed E-state index contributed by atoms with van der Waals surface area (Å²) in [6, 6.07) is 9.67. The molecule has 6 heteroatoms. The number of piperidine rings is 1. The lowest BCUT2D eigenvalue weighted by Crippen LogP contribution is -2.52. The van der Waals surface area contributed by atoms with Gasteiger partial charge in [-0.25, -0.2) is 0 Å². The Kier molecular flexibility index (Phi) is 6.32. The van der Waals surface area contributed by atoms with Crippen molar-refractivity contribution >= 4 is 17.2 Å². The highest BCUT2D eigenvalue weighted by Gasteiger charge is 2.44. The van der Waals surface area contributed by atoms with Gasteiger partial charge < -0.3 is 21.1 Å². The molecule has 0 spiro atoms. The van der Waals surface area contributed by atoms with Crippen LogP contribution < -0.4 is 11.1 Å². The summed E-state index contributed by atoms with van der Waals surface area (Å²) < 4.78 is 0. The Morgan fingerprint density at radius 1 is 1.44 bits per heavy atom. The van der Waals surface area contributed by atoms with Crippen LogP contribution in [0.2, 0.25) is 0 Å². The normalized spacial score (nSPS) is 24.1. The molecule has 1 aliphatic heterocycles. The molecule has 4 N–H and O–H groups in total. The second kappa shape index (κ2) is 8.52. The van der Waals surface area contributed by atoms with Crippen LogP contribution in [0.5, 0.6) is 0 Å². The fourth-order valence-corrected chi connectivity index (χ4v) is 5.05. The first-order chi connectivity index (χ1) is 12.9. The smallest absolute Gasteiger partial charge is 0.248 e. The number of thiophene rings is 1. The molecule has 1 saturated heterocycles. The molecular weight excluding hydrogens is 358 g/mol. The average molecular weight is 388 g/mol. The number of nitrogens with one attached hydrogen (secondary N) is 1. The van der Waals surface area contributed by atoms with Gasteiger partial charge in [0.05, 0.1) is 6.10 Å². The number of benzene rings is 1. The predicted molar refractivity (Wildman–Crippen MR) is 110 cm³/mol. The third-order valence-electron chi connectivity index (χ3n) is 5.71. The van der Waals surface area contributed by atoms with Crippen LogP contribution in [0.1, 0.15) is 40.4 Å². The Morgan fingerprint density at radius 3 is 2.93 bits per heavy atom. The first kappa shape index (κ1) is 20.0. The molecule has 0 radical (unpaired) electrons. The number of aliphatic hydroxyl groups is 1. The van der Waals surface area contributed by atoms with E-state index in [0.717, 1.165) is 37.2 Å². The minimum Gasteiger partial charge on any atom is -0.388 e. The molecule has 3 rings (SSSR count). The molecule has 1 aromatic carbocycles. The first-order valence-electron chi connectivity index (χ1n) is 9.38. The summed E-state index contributed by atoms with van der Waals surface area (Å²) in [7, 11) is 4.16. The number of nitrogens with zero attached hydrogens (tertiary/aromatic N) is 1. The Hall–Kier alpha value is -1.73. The van der Waals surface area contributed by atoms with Gasteiger partial charge in [-0.15, -0.1) is 0 Å². The maximum Gasteiger partial charge on any atom is 0.248 e. The lowest BCUT2D eigenvalue weighted by Gasteiger charge is -2.47. The second-order valence-electron chi connectivity index (χ2n) is 7.79. The number of hydrogen-bond donors (Lipinski definition) is 3. The highest BCUT2D eigenvalue weighted by Crippen LogP contribution is 2.45. The zero-order valence-corrected chi connectivity index (χ0v) is 16.8. The molecular formula is C21H29N3O2S. The number of carbonyl (C=O) groups excluding carboxylic acids is 1. The van der Waals surface area contributed by atoms with Crippen LogP contribution in [-0.4, -0.2) is 49.6 Å². The van der Waals surface area contributed by atoms with Gasteiger partial charge in [0.2, 0.25) is 5.91 Å². The molecule has 2 heterocycles. The predicted octanol–water partition coefficient (Wildman–Crippen LogP) is 2.38. The topological polar surface area (TPSA) is 78.6 Å². The summed E-state index contributed by atoms with van der Waals surface area (Å²) in [5.74, 6) is -0.0962. The molecule has 146 valence electrons. The van der Waals surface area contributed by atoms with Gasteiger partial charge >= 0.3 is 0 Å². The van der Waals surface area contributed by atoms with Crippen molar-refractivity contribution < 1.29 is 9.90 Å². The van der Waals surface area contributed by atoms with Crippen LogP contribution in [0.4, 0.5) is 0 Å². The summed E-state index contributed by atoms with van der Waals surface area (Å²) in [6.07, 6.45) is 1.01. The molecule has 2 aromatic rings. The average Bonchev–Trinajstić information content (AvgIpc) is 3.18. The summed E-state index contributed by atoms with van der Waals surface area (Å²) >= 11 is 1.60. The molecule has 1 aliphatic rings. The molecule has 3 atom stereocenters. The van der Waals surface area contributed by atoms with Crippen molar-refractivity contribution in [1.82, 2.24) is 10.2 Å². The number of primary amides is 1. The van der Waals surface area contributed by atoms with E-state index in [1.807, 2.05) is 29.0 Å². The molecule has 0 unspecified atom stereocenters. The Labute approximate surface area is 165 Å². The standard InChI is InChI=1S/C21H29N3O2S/c1-24(2)13-18-12-23-8-7-21(18,11-19(25)16-6-9-27-14-16)17-5-3-4-15(10-17)20(22)26/h3-6,9-10,14,18-19,23,25H,7-8,11-13H2,1-2H3,(H2,22,26)/t18-,19+,21-/m1/s1. The van der Waals surface area contributed by atoms with Crippen LogP contribution in [0.3, 0.4) is 0 Å². The van der Waals surface area contributed by atoms with E-state index < -0.39 is 12.0 Å². The van der Waals surface area contributed by atoms with E-state index in [1.54, 1.807) is 17.4 Å². The van der Waals surface area contributed by atoms with Gasteiger partial charge in [0, 0.05) is 24.1 Å². The fourth-order valence-electron chi connectivity index (χ4n) is 4.34. The van der Waals surface area contributed by atoms with Crippen molar-refractivity contribution in [3.8, 4) is 0 Å². The van der Waals surface area contributed by atoms with Crippen molar-refractivity contribution in [2.45, 2.75) is 24.4 Å². The SMILES string of the molecule is CN(C)C[C@H]1CNCC[C@@]1(C[C@H](O)c1ccsc1)c1cccc(C(N)=O)c1. The number of nitrogens with two attached hydrogens (primary N) is 1. The third kappa shape index (κ3) is 4.41. The number of rotatable bonds is 7. The second-order valence-corrected chi connectivity index (χ2v) is 8.57. The number of carbonyl (C=O) groups is 1. The van der Waals surface area contributed by atoms with E-state index in [4.69, 9.17) is 5.73 Å². The molecule has 1 fully saturated rings. The zero-order chi connectivity index (χ0) is 19.4.